The molecule has 0 radical (unpaired) electrons. The molecule has 8 heteroatoms. The Kier molecular flexibility index (Phi) is 9.70. The van der Waals surface area contributed by atoms with Gasteiger partial charge in [-0.05, 0) is 45.2 Å². The number of nitrogens with zero attached hydrogens (tertiary/aromatic N) is 5. The zero-order valence-corrected chi connectivity index (χ0v) is 18.4. The van der Waals surface area contributed by atoms with Gasteiger partial charge in [-0.1, -0.05) is 20.8 Å². The Morgan fingerprint density at radius 2 is 2.11 bits per heavy atom. The summed E-state index contributed by atoms with van der Waals surface area (Å²) in [5, 5.41) is 15.2. The second-order valence-electron chi connectivity index (χ2n) is 7.91. The maximum absolute atomic E-state index is 5.71. The number of likely N-dealkylation sites (tertiary alicyclic amines) is 1. The van der Waals surface area contributed by atoms with E-state index in [0.29, 0.717) is 25.1 Å². The first-order valence-electron chi connectivity index (χ1n) is 10.7. The molecular weight excluding hydrogens is 354 g/mol. The summed E-state index contributed by atoms with van der Waals surface area (Å²) >= 11 is 0. The summed E-state index contributed by atoms with van der Waals surface area (Å²) in [7, 11) is 1.97. The largest absolute Gasteiger partial charge is 0.380 e. The minimum atomic E-state index is 0.503. The molecule has 0 aliphatic carbocycles. The van der Waals surface area contributed by atoms with Crippen LogP contribution in [0.1, 0.15) is 51.7 Å². The lowest BCUT2D eigenvalue weighted by Gasteiger charge is -2.24. The smallest absolute Gasteiger partial charge is 0.191 e. The van der Waals surface area contributed by atoms with E-state index in [4.69, 9.17) is 9.73 Å². The molecule has 1 aromatic heterocycles. The van der Waals surface area contributed by atoms with E-state index in [-0.39, 0.29) is 0 Å². The lowest BCUT2D eigenvalue weighted by Crippen LogP contribution is -2.45. The van der Waals surface area contributed by atoms with Crippen molar-refractivity contribution in [2.45, 2.75) is 59.5 Å². The molecule has 1 aliphatic heterocycles. The van der Waals surface area contributed by atoms with Gasteiger partial charge in [-0.2, -0.15) is 0 Å². The predicted molar refractivity (Wildman–Crippen MR) is 113 cm³/mol. The molecule has 8 nitrogen and oxygen atoms in total. The Morgan fingerprint density at radius 1 is 1.29 bits per heavy atom. The van der Waals surface area contributed by atoms with E-state index < -0.39 is 0 Å². The maximum atomic E-state index is 5.71. The van der Waals surface area contributed by atoms with Crippen LogP contribution in [0.4, 0.5) is 0 Å². The Morgan fingerprint density at radius 3 is 2.79 bits per heavy atom. The van der Waals surface area contributed by atoms with E-state index >= 15 is 0 Å². The molecule has 2 N–H and O–H groups in total. The van der Waals surface area contributed by atoms with Crippen molar-refractivity contribution in [2.75, 3.05) is 39.4 Å². The fourth-order valence-corrected chi connectivity index (χ4v) is 3.33. The summed E-state index contributed by atoms with van der Waals surface area (Å²) in [5.41, 5.74) is 0. The third-order valence-electron chi connectivity index (χ3n) is 5.35. The van der Waals surface area contributed by atoms with Gasteiger partial charge >= 0.3 is 0 Å². The lowest BCUT2D eigenvalue weighted by molar-refractivity contribution is 0.128. The summed E-state index contributed by atoms with van der Waals surface area (Å²) in [4.78, 5) is 7.26. The number of aryl methyl sites for hydroxylation is 1. The van der Waals surface area contributed by atoms with Crippen molar-refractivity contribution in [3.8, 4) is 0 Å². The molecule has 1 unspecified atom stereocenters. The Labute approximate surface area is 170 Å². The van der Waals surface area contributed by atoms with Gasteiger partial charge in [0, 0.05) is 32.8 Å². The zero-order valence-electron chi connectivity index (χ0n) is 18.4. The van der Waals surface area contributed by atoms with Gasteiger partial charge in [0.15, 0.2) is 11.8 Å². The van der Waals surface area contributed by atoms with Crippen LogP contribution < -0.4 is 10.6 Å². The van der Waals surface area contributed by atoms with E-state index in [9.17, 15) is 0 Å². The molecule has 0 spiro atoms. The predicted octanol–water partition coefficient (Wildman–Crippen LogP) is 1.71. The Bertz CT molecular complexity index is 599. The first-order chi connectivity index (χ1) is 13.5. The standard InChI is InChI=1S/C20H39N7O/c1-6-27-11-7-8-18(27)14-22-20(21-10-13-28-12-9-16(2)3)23-15-19-25-24-17(4)26(19)5/h16,18H,6-15H2,1-5H3,(H2,21,22,23). The third-order valence-corrected chi connectivity index (χ3v) is 5.35. The number of likely N-dealkylation sites (N-methyl/N-ethyl adjacent to an activating group) is 1. The molecule has 1 atom stereocenters. The van der Waals surface area contributed by atoms with Gasteiger partial charge in [0.25, 0.3) is 0 Å². The minimum absolute atomic E-state index is 0.503. The van der Waals surface area contributed by atoms with Gasteiger partial charge in [-0.3, -0.25) is 4.90 Å². The summed E-state index contributed by atoms with van der Waals surface area (Å²) in [6.45, 7) is 14.6. The second-order valence-corrected chi connectivity index (χ2v) is 7.91. The number of aromatic nitrogens is 3. The molecule has 28 heavy (non-hydrogen) atoms. The monoisotopic (exact) mass is 393 g/mol. The molecule has 2 rings (SSSR count). The van der Waals surface area contributed by atoms with Crippen LogP contribution in [0, 0.1) is 12.8 Å². The van der Waals surface area contributed by atoms with Gasteiger partial charge in [-0.25, -0.2) is 4.99 Å². The van der Waals surface area contributed by atoms with Crippen LogP contribution in [0.2, 0.25) is 0 Å². The number of aliphatic imine (C=N–C) groups is 1. The van der Waals surface area contributed by atoms with Gasteiger partial charge in [0.2, 0.25) is 0 Å². The number of ether oxygens (including phenoxy) is 1. The van der Waals surface area contributed by atoms with Crippen LogP contribution in [0.3, 0.4) is 0 Å². The summed E-state index contributed by atoms with van der Waals surface area (Å²) in [5.74, 6) is 3.25. The van der Waals surface area contributed by atoms with Gasteiger partial charge in [0.1, 0.15) is 12.4 Å². The SMILES string of the molecule is CCN1CCCC1CNC(=NCc1nnc(C)n1C)NCCOCCC(C)C. The van der Waals surface area contributed by atoms with Gasteiger partial charge in [-0.15, -0.1) is 10.2 Å². The van der Waals surface area contributed by atoms with Crippen LogP contribution in [0.25, 0.3) is 0 Å². The molecule has 1 aromatic rings. The highest BCUT2D eigenvalue weighted by Crippen LogP contribution is 2.15. The summed E-state index contributed by atoms with van der Waals surface area (Å²) in [6.07, 6.45) is 3.62. The first kappa shape index (κ1) is 22.6. The number of rotatable bonds is 11. The average Bonchev–Trinajstić information content (AvgIpc) is 3.26. The number of hydrogen-bond donors (Lipinski definition) is 2. The fraction of sp³-hybridized carbons (Fsp3) is 0.850. The van der Waals surface area contributed by atoms with Crippen molar-refractivity contribution < 1.29 is 4.74 Å². The molecule has 160 valence electrons. The Hall–Kier alpha value is -1.67. The minimum Gasteiger partial charge on any atom is -0.380 e. The van der Waals surface area contributed by atoms with Crippen molar-refractivity contribution in [3.63, 3.8) is 0 Å². The van der Waals surface area contributed by atoms with Crippen LogP contribution in [0.15, 0.2) is 4.99 Å². The summed E-state index contributed by atoms with van der Waals surface area (Å²) in [6, 6.07) is 0.580. The molecule has 2 heterocycles. The number of hydrogen-bond acceptors (Lipinski definition) is 5. The van der Waals surface area contributed by atoms with E-state index in [0.717, 1.165) is 50.3 Å². The second kappa shape index (κ2) is 12.0. The van der Waals surface area contributed by atoms with E-state index in [1.54, 1.807) is 0 Å². The van der Waals surface area contributed by atoms with E-state index in [1.165, 1.54) is 19.4 Å². The van der Waals surface area contributed by atoms with Crippen LogP contribution in [-0.2, 0) is 18.3 Å². The topological polar surface area (TPSA) is 79.6 Å². The van der Waals surface area contributed by atoms with Crippen molar-refractivity contribution in [3.05, 3.63) is 11.6 Å². The maximum Gasteiger partial charge on any atom is 0.191 e. The molecular formula is C20H39N7O. The zero-order chi connectivity index (χ0) is 20.4. The molecule has 0 aromatic carbocycles. The van der Waals surface area contributed by atoms with Crippen molar-refractivity contribution >= 4 is 5.96 Å². The molecule has 0 amide bonds. The average molecular weight is 394 g/mol. The van der Waals surface area contributed by atoms with Crippen LogP contribution in [0.5, 0.6) is 0 Å². The van der Waals surface area contributed by atoms with E-state index in [2.05, 4.69) is 46.5 Å². The number of guanidine groups is 1. The highest BCUT2D eigenvalue weighted by atomic mass is 16.5. The highest BCUT2D eigenvalue weighted by molar-refractivity contribution is 5.79. The first-order valence-corrected chi connectivity index (χ1v) is 10.7. The highest BCUT2D eigenvalue weighted by Gasteiger charge is 2.22. The van der Waals surface area contributed by atoms with Gasteiger partial charge < -0.3 is 19.9 Å². The molecule has 1 saturated heterocycles. The van der Waals surface area contributed by atoms with Crippen molar-refractivity contribution in [1.82, 2.24) is 30.3 Å². The molecule has 0 bridgehead atoms. The third kappa shape index (κ3) is 7.39. The van der Waals surface area contributed by atoms with Gasteiger partial charge in [0.05, 0.1) is 6.61 Å². The van der Waals surface area contributed by atoms with Crippen molar-refractivity contribution in [1.29, 1.82) is 0 Å². The van der Waals surface area contributed by atoms with Crippen molar-refractivity contribution in [2.24, 2.45) is 18.0 Å². The Balaban J connectivity index is 1.85. The summed E-state index contributed by atoms with van der Waals surface area (Å²) < 4.78 is 7.69. The van der Waals surface area contributed by atoms with Crippen LogP contribution >= 0.6 is 0 Å². The van der Waals surface area contributed by atoms with Crippen LogP contribution in [-0.4, -0.2) is 71.1 Å². The molecule has 0 saturated carbocycles. The van der Waals surface area contributed by atoms with E-state index in [1.807, 2.05) is 18.5 Å². The quantitative estimate of drug-likeness (QED) is 0.338. The number of nitrogens with one attached hydrogen (secondary N) is 2. The molecule has 1 aliphatic rings. The molecule has 1 fully saturated rings. The lowest BCUT2D eigenvalue weighted by atomic mass is 10.1. The fourth-order valence-electron chi connectivity index (χ4n) is 3.33. The normalized spacial score (nSPS) is 18.2.